The van der Waals surface area contributed by atoms with Crippen LogP contribution in [0.2, 0.25) is 0 Å². The van der Waals surface area contributed by atoms with Crippen LogP contribution in [0.4, 0.5) is 14.5 Å². The van der Waals surface area contributed by atoms with Crippen LogP contribution in [0.1, 0.15) is 16.8 Å². The van der Waals surface area contributed by atoms with E-state index in [2.05, 4.69) is 15.4 Å². The fraction of sp³-hybridized carbons (Fsp3) is 0.333. The van der Waals surface area contributed by atoms with Gasteiger partial charge in [-0.05, 0) is 12.1 Å². The van der Waals surface area contributed by atoms with Gasteiger partial charge in [-0.25, -0.2) is 13.6 Å². The fourth-order valence-corrected chi connectivity index (χ4v) is 1.86. The Labute approximate surface area is 107 Å². The monoisotopic (exact) mass is 270 g/mol. The molecule has 0 aromatic heterocycles. The minimum atomic E-state index is -1.27. The first-order valence-corrected chi connectivity index (χ1v) is 5.62. The molecule has 1 aromatic rings. The van der Waals surface area contributed by atoms with Crippen LogP contribution in [0.15, 0.2) is 12.1 Å². The van der Waals surface area contributed by atoms with E-state index in [0.29, 0.717) is 6.54 Å². The van der Waals surface area contributed by atoms with Gasteiger partial charge in [0, 0.05) is 13.0 Å². The summed E-state index contributed by atoms with van der Waals surface area (Å²) >= 11 is 0. The van der Waals surface area contributed by atoms with E-state index in [1.807, 2.05) is 0 Å². The number of hydrogen-bond acceptors (Lipinski definition) is 4. The number of rotatable bonds is 3. The molecule has 19 heavy (non-hydrogen) atoms. The van der Waals surface area contributed by atoms with Gasteiger partial charge in [0.15, 0.2) is 11.6 Å². The lowest BCUT2D eigenvalue weighted by atomic mass is 10.1. The summed E-state index contributed by atoms with van der Waals surface area (Å²) in [6, 6.07) is 2.08. The predicted octanol–water partition coefficient (Wildman–Crippen LogP) is 1.05. The Morgan fingerprint density at radius 1 is 1.42 bits per heavy atom. The number of benzene rings is 1. The quantitative estimate of drug-likeness (QED) is 0.806. The highest BCUT2D eigenvalue weighted by atomic mass is 19.2. The number of methoxy groups -OCH3 is 1. The van der Waals surface area contributed by atoms with Gasteiger partial charge in [-0.2, -0.15) is 0 Å². The third kappa shape index (κ3) is 2.64. The van der Waals surface area contributed by atoms with Gasteiger partial charge in [0.05, 0.1) is 24.4 Å². The summed E-state index contributed by atoms with van der Waals surface area (Å²) < 4.78 is 31.7. The fourth-order valence-electron chi connectivity index (χ4n) is 1.86. The third-order valence-electron chi connectivity index (χ3n) is 2.82. The molecule has 0 bridgehead atoms. The number of esters is 1. The lowest BCUT2D eigenvalue weighted by molar-refractivity contribution is -0.119. The number of carbonyl (C=O) groups is 2. The topological polar surface area (TPSA) is 67.4 Å². The van der Waals surface area contributed by atoms with Gasteiger partial charge in [-0.15, -0.1) is 0 Å². The Hall–Kier alpha value is -2.18. The average Bonchev–Trinajstić information content (AvgIpc) is 2.80. The molecule has 102 valence electrons. The Morgan fingerprint density at radius 2 is 2.16 bits per heavy atom. The number of ether oxygens (including phenoxy) is 1. The van der Waals surface area contributed by atoms with E-state index in [4.69, 9.17) is 0 Å². The van der Waals surface area contributed by atoms with Crippen molar-refractivity contribution in [2.75, 3.05) is 19.0 Å². The maximum Gasteiger partial charge on any atom is 0.340 e. The maximum atomic E-state index is 13.8. The molecule has 1 aliphatic rings. The summed E-state index contributed by atoms with van der Waals surface area (Å²) in [6.07, 6.45) is 0.194. The van der Waals surface area contributed by atoms with Crippen LogP contribution in [0, 0.1) is 11.6 Å². The summed E-state index contributed by atoms with van der Waals surface area (Å²) in [5, 5.41) is 5.29. The van der Waals surface area contributed by atoms with E-state index in [0.717, 1.165) is 13.2 Å². The molecule has 1 saturated heterocycles. The molecule has 0 radical (unpaired) electrons. The summed E-state index contributed by atoms with van der Waals surface area (Å²) in [5.41, 5.74) is -0.558. The van der Waals surface area contributed by atoms with Gasteiger partial charge in [0.2, 0.25) is 5.91 Å². The van der Waals surface area contributed by atoms with E-state index >= 15 is 0 Å². The van der Waals surface area contributed by atoms with Crippen molar-refractivity contribution in [3.8, 4) is 0 Å². The molecule has 1 fully saturated rings. The third-order valence-corrected chi connectivity index (χ3v) is 2.82. The molecule has 7 heteroatoms. The van der Waals surface area contributed by atoms with Crippen LogP contribution >= 0.6 is 0 Å². The molecule has 0 saturated carbocycles. The van der Waals surface area contributed by atoms with E-state index in [9.17, 15) is 18.4 Å². The first-order chi connectivity index (χ1) is 9.02. The van der Waals surface area contributed by atoms with Crippen LogP contribution in [-0.2, 0) is 9.53 Å². The van der Waals surface area contributed by atoms with E-state index in [1.54, 1.807) is 0 Å². The van der Waals surface area contributed by atoms with E-state index < -0.39 is 23.2 Å². The molecule has 0 aliphatic carbocycles. The molecule has 2 N–H and O–H groups in total. The molecule has 1 aliphatic heterocycles. The van der Waals surface area contributed by atoms with Crippen molar-refractivity contribution in [1.29, 1.82) is 0 Å². The standard InChI is InChI=1S/C12H12F2N2O3/c1-19-12(18)7-2-3-8(11(14)10(7)13)16-6-4-9(17)15-5-6/h2-3,6,16H,4-5H2,1H3,(H,15,17). The first-order valence-electron chi connectivity index (χ1n) is 5.62. The van der Waals surface area contributed by atoms with Crippen molar-refractivity contribution in [2.45, 2.75) is 12.5 Å². The molecule has 1 heterocycles. The Morgan fingerprint density at radius 3 is 2.74 bits per heavy atom. The van der Waals surface area contributed by atoms with Crippen LogP contribution in [0.25, 0.3) is 0 Å². The molecule has 5 nitrogen and oxygen atoms in total. The predicted molar refractivity (Wildman–Crippen MR) is 62.7 cm³/mol. The molecule has 2 rings (SSSR count). The second-order valence-electron chi connectivity index (χ2n) is 4.13. The zero-order valence-electron chi connectivity index (χ0n) is 10.1. The van der Waals surface area contributed by atoms with E-state index in [1.165, 1.54) is 6.07 Å². The van der Waals surface area contributed by atoms with Crippen LogP contribution in [0.5, 0.6) is 0 Å². The average molecular weight is 270 g/mol. The molecule has 0 spiro atoms. The van der Waals surface area contributed by atoms with Crippen molar-refractivity contribution in [3.63, 3.8) is 0 Å². The minimum Gasteiger partial charge on any atom is -0.465 e. The number of halogens is 2. The SMILES string of the molecule is COC(=O)c1ccc(NC2CNC(=O)C2)c(F)c1F. The molecule has 1 aromatic carbocycles. The van der Waals surface area contributed by atoms with Crippen molar-refractivity contribution < 1.29 is 23.1 Å². The first kappa shape index (κ1) is 13.3. The van der Waals surface area contributed by atoms with Crippen molar-refractivity contribution >= 4 is 17.6 Å². The highest BCUT2D eigenvalue weighted by Gasteiger charge is 2.24. The largest absolute Gasteiger partial charge is 0.465 e. The highest BCUT2D eigenvalue weighted by Crippen LogP contribution is 2.22. The van der Waals surface area contributed by atoms with Crippen molar-refractivity contribution in [3.05, 3.63) is 29.3 Å². The number of amides is 1. The minimum absolute atomic E-state index is 0.0911. The van der Waals surface area contributed by atoms with Crippen molar-refractivity contribution in [1.82, 2.24) is 5.32 Å². The Balaban J connectivity index is 2.21. The van der Waals surface area contributed by atoms with Gasteiger partial charge in [-0.1, -0.05) is 0 Å². The smallest absolute Gasteiger partial charge is 0.340 e. The number of nitrogens with one attached hydrogen (secondary N) is 2. The number of carbonyl (C=O) groups excluding carboxylic acids is 2. The second kappa shape index (κ2) is 5.21. The highest BCUT2D eigenvalue weighted by molar-refractivity contribution is 5.90. The van der Waals surface area contributed by atoms with E-state index in [-0.39, 0.29) is 24.1 Å². The van der Waals surface area contributed by atoms with Crippen LogP contribution in [0.3, 0.4) is 0 Å². The normalized spacial score (nSPS) is 18.1. The van der Waals surface area contributed by atoms with Gasteiger partial charge in [0.1, 0.15) is 0 Å². The lowest BCUT2D eigenvalue weighted by Crippen LogP contribution is -2.23. The zero-order valence-corrected chi connectivity index (χ0v) is 10.1. The summed E-state index contributed by atoms with van der Waals surface area (Å²) in [4.78, 5) is 22.2. The molecule has 1 unspecified atom stereocenters. The van der Waals surface area contributed by atoms with Crippen molar-refractivity contribution in [2.24, 2.45) is 0 Å². The molecule has 1 amide bonds. The summed E-state index contributed by atoms with van der Waals surface area (Å²) in [5.74, 6) is -3.53. The summed E-state index contributed by atoms with van der Waals surface area (Å²) in [7, 11) is 1.08. The Kier molecular flexibility index (Phi) is 3.64. The summed E-state index contributed by atoms with van der Waals surface area (Å²) in [6.45, 7) is 0.346. The van der Waals surface area contributed by atoms with Gasteiger partial charge < -0.3 is 15.4 Å². The van der Waals surface area contributed by atoms with Crippen LogP contribution in [-0.4, -0.2) is 31.6 Å². The van der Waals surface area contributed by atoms with Gasteiger partial charge in [0.25, 0.3) is 0 Å². The van der Waals surface area contributed by atoms with Gasteiger partial charge >= 0.3 is 5.97 Å². The van der Waals surface area contributed by atoms with Gasteiger partial charge in [-0.3, -0.25) is 4.79 Å². The molecular formula is C12H12F2N2O3. The molecule has 1 atom stereocenters. The Bertz CT molecular complexity index is 534. The van der Waals surface area contributed by atoms with Crippen LogP contribution < -0.4 is 10.6 Å². The number of hydrogen-bond donors (Lipinski definition) is 2. The second-order valence-corrected chi connectivity index (χ2v) is 4.13. The number of anilines is 1. The lowest BCUT2D eigenvalue weighted by Gasteiger charge is -2.14. The molecular weight excluding hydrogens is 258 g/mol. The maximum absolute atomic E-state index is 13.8. The zero-order chi connectivity index (χ0) is 14.0.